The Morgan fingerprint density at radius 1 is 0.682 bits per heavy atom. The van der Waals surface area contributed by atoms with E-state index >= 15 is 0 Å². The first kappa shape index (κ1) is 17.5. The van der Waals surface area contributed by atoms with Crippen molar-refractivity contribution < 1.29 is 14.3 Å². The van der Waals surface area contributed by atoms with Crippen molar-refractivity contribution in [2.24, 2.45) is 5.92 Å². The first-order chi connectivity index (χ1) is 10.8. The van der Waals surface area contributed by atoms with Gasteiger partial charge >= 0.3 is 5.97 Å². The number of Topliss-reactive ketones (excluding diaryl/α,β-unsaturated/α-hetero) is 1. The maximum Gasteiger partial charge on any atom is 0.306 e. The molecule has 3 nitrogen and oxygen atoms in total. The zero-order valence-corrected chi connectivity index (χ0v) is 14.0. The predicted octanol–water partition coefficient (Wildman–Crippen LogP) is 4.96. The minimum absolute atomic E-state index is 0.00175. The van der Waals surface area contributed by atoms with Crippen LogP contribution in [-0.2, 0) is 14.3 Å². The first-order valence-electron chi connectivity index (χ1n) is 9.47. The number of hydrogen-bond acceptors (Lipinski definition) is 3. The van der Waals surface area contributed by atoms with Gasteiger partial charge in [-0.05, 0) is 32.1 Å². The number of hydrogen-bond donors (Lipinski definition) is 0. The lowest BCUT2D eigenvalue weighted by molar-refractivity contribution is -0.154. The van der Waals surface area contributed by atoms with E-state index in [1.54, 1.807) is 0 Å². The number of ether oxygens (including phenoxy) is 1. The van der Waals surface area contributed by atoms with E-state index in [-0.39, 0.29) is 18.0 Å². The molecule has 2 aliphatic rings. The summed E-state index contributed by atoms with van der Waals surface area (Å²) in [7, 11) is 0. The van der Waals surface area contributed by atoms with Crippen LogP contribution in [0, 0.1) is 5.92 Å². The molecule has 2 fully saturated rings. The van der Waals surface area contributed by atoms with Gasteiger partial charge in [-0.3, -0.25) is 9.59 Å². The number of esters is 1. The summed E-state index contributed by atoms with van der Waals surface area (Å²) in [5.74, 6) is 0.606. The smallest absolute Gasteiger partial charge is 0.306 e. The van der Waals surface area contributed by atoms with Crippen molar-refractivity contribution >= 4 is 11.8 Å². The first-order valence-corrected chi connectivity index (χ1v) is 9.47. The standard InChI is InChI=1S/C19H32O3/c20-17-12-7-5-3-1-2-4-6-8-14-19(21)22-18-13-10-9-11-16(18)15-17/h16,18H,1-15H2/t16-,18-/m0/s1. The van der Waals surface area contributed by atoms with Gasteiger partial charge in [-0.15, -0.1) is 0 Å². The molecule has 0 aromatic rings. The summed E-state index contributed by atoms with van der Waals surface area (Å²) in [6, 6.07) is 0. The van der Waals surface area contributed by atoms with Crippen molar-refractivity contribution in [3.05, 3.63) is 0 Å². The van der Waals surface area contributed by atoms with E-state index in [0.717, 1.165) is 44.9 Å². The van der Waals surface area contributed by atoms with Gasteiger partial charge < -0.3 is 4.74 Å². The summed E-state index contributed by atoms with van der Waals surface area (Å²) in [5, 5.41) is 0. The molecule has 0 aromatic carbocycles. The van der Waals surface area contributed by atoms with Gasteiger partial charge in [-0.2, -0.15) is 0 Å². The van der Waals surface area contributed by atoms with Gasteiger partial charge in [0, 0.05) is 25.2 Å². The summed E-state index contributed by atoms with van der Waals surface area (Å²) in [4.78, 5) is 24.2. The third-order valence-electron chi connectivity index (χ3n) is 5.20. The zero-order chi connectivity index (χ0) is 15.6. The topological polar surface area (TPSA) is 43.4 Å². The van der Waals surface area contributed by atoms with Crippen molar-refractivity contribution in [1.82, 2.24) is 0 Å². The fourth-order valence-corrected chi connectivity index (χ4v) is 3.84. The second kappa shape index (κ2) is 10.0. The van der Waals surface area contributed by atoms with Crippen LogP contribution in [0.5, 0.6) is 0 Å². The fraction of sp³-hybridized carbons (Fsp3) is 0.895. The van der Waals surface area contributed by atoms with Crippen LogP contribution in [0.4, 0.5) is 0 Å². The van der Waals surface area contributed by atoms with Gasteiger partial charge in [0.05, 0.1) is 0 Å². The third kappa shape index (κ3) is 6.50. The molecule has 0 unspecified atom stereocenters. The maximum absolute atomic E-state index is 12.2. The molecule has 3 heteroatoms. The molecule has 1 aliphatic heterocycles. The molecule has 0 radical (unpaired) electrons. The number of fused-ring (bicyclic) bond motifs is 1. The molecule has 22 heavy (non-hydrogen) atoms. The number of carbonyl (C=O) groups excluding carboxylic acids is 2. The van der Waals surface area contributed by atoms with E-state index in [4.69, 9.17) is 4.74 Å². The average Bonchev–Trinajstić information content (AvgIpc) is 2.50. The number of ketones is 1. The highest BCUT2D eigenvalue weighted by molar-refractivity contribution is 5.78. The van der Waals surface area contributed by atoms with Gasteiger partial charge in [0.1, 0.15) is 11.9 Å². The Bertz CT molecular complexity index is 317. The SMILES string of the molecule is O=C1CCCCCCCCCCC(=O)O[C@H]2CCCC[C@H]2C1. The number of carbonyl (C=O) groups is 2. The molecule has 1 saturated heterocycles. The van der Waals surface area contributed by atoms with Crippen molar-refractivity contribution in [1.29, 1.82) is 0 Å². The maximum atomic E-state index is 12.2. The third-order valence-corrected chi connectivity index (χ3v) is 5.20. The number of rotatable bonds is 0. The Morgan fingerprint density at radius 3 is 2.00 bits per heavy atom. The molecular formula is C19H32O3. The van der Waals surface area contributed by atoms with Crippen LogP contribution in [-0.4, -0.2) is 17.9 Å². The molecule has 2 rings (SSSR count). The Hall–Kier alpha value is -0.860. The predicted molar refractivity (Wildman–Crippen MR) is 87.6 cm³/mol. The summed E-state index contributed by atoms with van der Waals surface area (Å²) < 4.78 is 5.71. The van der Waals surface area contributed by atoms with Crippen molar-refractivity contribution in [3.8, 4) is 0 Å². The van der Waals surface area contributed by atoms with Gasteiger partial charge in [-0.25, -0.2) is 0 Å². The van der Waals surface area contributed by atoms with Crippen molar-refractivity contribution in [2.75, 3.05) is 0 Å². The highest BCUT2D eigenvalue weighted by Gasteiger charge is 2.29. The molecule has 1 aliphatic carbocycles. The molecular weight excluding hydrogens is 276 g/mol. The summed E-state index contributed by atoms with van der Waals surface area (Å²) in [5.41, 5.74) is 0. The molecule has 0 bridgehead atoms. The minimum atomic E-state index is -0.0450. The molecule has 0 aromatic heterocycles. The van der Waals surface area contributed by atoms with E-state index in [1.165, 1.54) is 38.5 Å². The van der Waals surface area contributed by atoms with Crippen LogP contribution in [0.1, 0.15) is 96.3 Å². The summed E-state index contributed by atoms with van der Waals surface area (Å²) >= 11 is 0. The fourth-order valence-electron chi connectivity index (χ4n) is 3.84. The molecule has 1 heterocycles. The van der Waals surface area contributed by atoms with E-state index in [1.807, 2.05) is 0 Å². The van der Waals surface area contributed by atoms with E-state index in [2.05, 4.69) is 0 Å². The quantitative estimate of drug-likeness (QED) is 0.594. The summed E-state index contributed by atoms with van der Waals surface area (Å²) in [6.07, 6.45) is 15.5. The van der Waals surface area contributed by atoms with Crippen molar-refractivity contribution in [2.45, 2.75) is 102 Å². The lowest BCUT2D eigenvalue weighted by Gasteiger charge is -2.31. The molecule has 1 saturated carbocycles. The Labute approximate surface area is 135 Å². The highest BCUT2D eigenvalue weighted by Crippen LogP contribution is 2.30. The molecule has 0 N–H and O–H groups in total. The Kier molecular flexibility index (Phi) is 7.96. The van der Waals surface area contributed by atoms with Crippen LogP contribution in [0.25, 0.3) is 0 Å². The van der Waals surface area contributed by atoms with Gasteiger partial charge in [0.2, 0.25) is 0 Å². The normalized spacial score (nSPS) is 30.4. The zero-order valence-electron chi connectivity index (χ0n) is 14.0. The second-order valence-electron chi connectivity index (χ2n) is 7.14. The average molecular weight is 308 g/mol. The van der Waals surface area contributed by atoms with Gasteiger partial charge in [-0.1, -0.05) is 44.9 Å². The van der Waals surface area contributed by atoms with E-state index in [9.17, 15) is 9.59 Å². The highest BCUT2D eigenvalue weighted by atomic mass is 16.5. The molecule has 0 amide bonds. The lowest BCUT2D eigenvalue weighted by Crippen LogP contribution is -2.31. The van der Waals surface area contributed by atoms with Crippen LogP contribution >= 0.6 is 0 Å². The van der Waals surface area contributed by atoms with Crippen LogP contribution in [0.15, 0.2) is 0 Å². The molecule has 2 atom stereocenters. The Morgan fingerprint density at radius 2 is 1.27 bits per heavy atom. The second-order valence-corrected chi connectivity index (χ2v) is 7.14. The van der Waals surface area contributed by atoms with E-state index < -0.39 is 0 Å². The van der Waals surface area contributed by atoms with Crippen LogP contribution in [0.2, 0.25) is 0 Å². The van der Waals surface area contributed by atoms with Gasteiger partial charge in [0.15, 0.2) is 0 Å². The molecule has 0 spiro atoms. The van der Waals surface area contributed by atoms with Crippen LogP contribution < -0.4 is 0 Å². The molecule has 126 valence electrons. The Balaban J connectivity index is 1.88. The largest absolute Gasteiger partial charge is 0.462 e. The lowest BCUT2D eigenvalue weighted by atomic mass is 9.82. The summed E-state index contributed by atoms with van der Waals surface area (Å²) in [6.45, 7) is 0. The van der Waals surface area contributed by atoms with Crippen molar-refractivity contribution in [3.63, 3.8) is 0 Å². The van der Waals surface area contributed by atoms with Gasteiger partial charge in [0.25, 0.3) is 0 Å². The van der Waals surface area contributed by atoms with E-state index in [0.29, 0.717) is 18.6 Å². The van der Waals surface area contributed by atoms with Crippen LogP contribution in [0.3, 0.4) is 0 Å². The monoisotopic (exact) mass is 308 g/mol. The minimum Gasteiger partial charge on any atom is -0.462 e.